The lowest BCUT2D eigenvalue weighted by Gasteiger charge is -2.35. The minimum atomic E-state index is -1.50. The van der Waals surface area contributed by atoms with Crippen LogP contribution >= 0.6 is 23.2 Å². The Morgan fingerprint density at radius 1 is 0.977 bits per heavy atom. The SMILES string of the molecule is Cc1cc(C(O)(c2ccc(Cl)cc2)c2cncn2C)cc2c(Cl)c(Cc3ccc(-n4cccn4)cc3)c(N3CCC3)nc12. The summed E-state index contributed by atoms with van der Waals surface area (Å²) < 4.78 is 3.67. The Kier molecular flexibility index (Phi) is 6.96. The van der Waals surface area contributed by atoms with E-state index in [1.54, 1.807) is 30.9 Å². The molecular formula is C34H30Cl2N6O. The van der Waals surface area contributed by atoms with Gasteiger partial charge in [-0.2, -0.15) is 5.10 Å². The summed E-state index contributed by atoms with van der Waals surface area (Å²) in [6, 6.07) is 21.5. The van der Waals surface area contributed by atoms with Crippen LogP contribution in [0.5, 0.6) is 0 Å². The molecule has 7 nitrogen and oxygen atoms in total. The van der Waals surface area contributed by atoms with Gasteiger partial charge in [0.1, 0.15) is 5.82 Å². The molecule has 3 aromatic heterocycles. The van der Waals surface area contributed by atoms with Crippen LogP contribution in [-0.4, -0.2) is 42.5 Å². The molecule has 43 heavy (non-hydrogen) atoms. The minimum Gasteiger partial charge on any atom is -0.374 e. The average Bonchev–Trinajstić information content (AvgIpc) is 3.67. The zero-order valence-corrected chi connectivity index (χ0v) is 25.4. The number of halogens is 2. The van der Waals surface area contributed by atoms with Crippen molar-refractivity contribution in [2.75, 3.05) is 18.0 Å². The van der Waals surface area contributed by atoms with Gasteiger partial charge in [-0.3, -0.25) is 0 Å². The number of pyridine rings is 1. The number of nitrogens with zero attached hydrogens (tertiary/aromatic N) is 6. The molecule has 3 aromatic carbocycles. The smallest absolute Gasteiger partial charge is 0.156 e. The zero-order chi connectivity index (χ0) is 29.7. The van der Waals surface area contributed by atoms with Crippen LogP contribution in [0.1, 0.15) is 39.9 Å². The number of rotatable bonds is 7. The molecule has 0 saturated carbocycles. The summed E-state index contributed by atoms with van der Waals surface area (Å²) in [6.45, 7) is 3.93. The molecule has 4 heterocycles. The van der Waals surface area contributed by atoms with Crippen LogP contribution in [0.15, 0.2) is 91.6 Å². The van der Waals surface area contributed by atoms with Gasteiger partial charge in [0.2, 0.25) is 0 Å². The Labute approximate surface area is 260 Å². The van der Waals surface area contributed by atoms with E-state index in [1.165, 1.54) is 0 Å². The highest BCUT2D eigenvalue weighted by Gasteiger charge is 2.37. The quantitative estimate of drug-likeness (QED) is 0.214. The van der Waals surface area contributed by atoms with Gasteiger partial charge in [0, 0.05) is 54.9 Å². The van der Waals surface area contributed by atoms with E-state index in [-0.39, 0.29) is 0 Å². The summed E-state index contributed by atoms with van der Waals surface area (Å²) in [7, 11) is 1.88. The van der Waals surface area contributed by atoms with Crippen LogP contribution < -0.4 is 4.90 Å². The Morgan fingerprint density at radius 3 is 2.37 bits per heavy atom. The van der Waals surface area contributed by atoms with E-state index < -0.39 is 5.60 Å². The maximum absolute atomic E-state index is 12.6. The molecule has 7 rings (SSSR count). The number of benzene rings is 3. The highest BCUT2D eigenvalue weighted by Crippen LogP contribution is 2.42. The van der Waals surface area contributed by atoms with Crippen molar-refractivity contribution >= 4 is 39.9 Å². The van der Waals surface area contributed by atoms with Crippen molar-refractivity contribution in [1.29, 1.82) is 0 Å². The standard InChI is InChI=1S/C34H30Cl2N6O/c1-22-17-25(34(43,30-20-37-21-40(30)2)24-7-9-26(35)10-8-24)19-28-31(36)29(33(39-32(22)28)41-14-4-15-41)18-23-5-11-27(12-6-23)42-16-3-13-38-42/h3,5-13,16-17,19-21,43H,4,14-15,18H2,1-2H3. The second kappa shape index (κ2) is 10.8. The van der Waals surface area contributed by atoms with Crippen LogP contribution in [0.3, 0.4) is 0 Å². The molecule has 0 bridgehead atoms. The van der Waals surface area contributed by atoms with E-state index in [0.717, 1.165) is 58.6 Å². The van der Waals surface area contributed by atoms with Crippen LogP contribution in [0.2, 0.25) is 10.0 Å². The van der Waals surface area contributed by atoms with Crippen molar-refractivity contribution in [2.24, 2.45) is 7.05 Å². The summed E-state index contributed by atoms with van der Waals surface area (Å²) in [5.41, 5.74) is 5.35. The first-order valence-electron chi connectivity index (χ1n) is 14.3. The van der Waals surface area contributed by atoms with Crippen molar-refractivity contribution in [3.05, 3.63) is 135 Å². The van der Waals surface area contributed by atoms with Gasteiger partial charge in [-0.05, 0) is 72.0 Å². The molecule has 1 N–H and O–H groups in total. The lowest BCUT2D eigenvalue weighted by Crippen LogP contribution is -2.38. The van der Waals surface area contributed by atoms with Crippen molar-refractivity contribution in [2.45, 2.75) is 25.4 Å². The average molecular weight is 610 g/mol. The molecule has 0 spiro atoms. The first kappa shape index (κ1) is 27.7. The molecule has 1 saturated heterocycles. The Hall–Kier alpha value is -4.17. The zero-order valence-electron chi connectivity index (χ0n) is 23.9. The predicted molar refractivity (Wildman–Crippen MR) is 171 cm³/mol. The van der Waals surface area contributed by atoms with Gasteiger partial charge in [0.15, 0.2) is 5.60 Å². The molecule has 1 aliphatic rings. The largest absolute Gasteiger partial charge is 0.374 e. The fourth-order valence-corrected chi connectivity index (χ4v) is 6.36. The first-order chi connectivity index (χ1) is 20.8. The van der Waals surface area contributed by atoms with Gasteiger partial charge in [0.25, 0.3) is 0 Å². The summed E-state index contributed by atoms with van der Waals surface area (Å²) in [5.74, 6) is 0.926. The number of anilines is 1. The summed E-state index contributed by atoms with van der Waals surface area (Å²) in [6.07, 6.45) is 8.84. The minimum absolute atomic E-state index is 0.596. The highest BCUT2D eigenvalue weighted by molar-refractivity contribution is 6.36. The molecule has 0 radical (unpaired) electrons. The summed E-state index contributed by atoms with van der Waals surface area (Å²) in [4.78, 5) is 11.8. The Morgan fingerprint density at radius 2 is 1.74 bits per heavy atom. The second-order valence-corrected chi connectivity index (χ2v) is 12.0. The monoisotopic (exact) mass is 608 g/mol. The third kappa shape index (κ3) is 4.78. The van der Waals surface area contributed by atoms with Crippen LogP contribution in [0.25, 0.3) is 16.6 Å². The maximum atomic E-state index is 12.6. The maximum Gasteiger partial charge on any atom is 0.156 e. The summed E-state index contributed by atoms with van der Waals surface area (Å²) in [5, 5.41) is 19.0. The highest BCUT2D eigenvalue weighted by atomic mass is 35.5. The number of fused-ring (bicyclic) bond motifs is 1. The number of imidazole rings is 1. The molecule has 1 fully saturated rings. The van der Waals surface area contributed by atoms with E-state index in [2.05, 4.69) is 39.2 Å². The molecule has 0 amide bonds. The topological polar surface area (TPSA) is 72.0 Å². The van der Waals surface area contributed by atoms with E-state index in [9.17, 15) is 5.11 Å². The van der Waals surface area contributed by atoms with E-state index >= 15 is 0 Å². The van der Waals surface area contributed by atoms with Crippen molar-refractivity contribution in [3.63, 3.8) is 0 Å². The molecule has 0 aliphatic carbocycles. The van der Waals surface area contributed by atoms with Crippen molar-refractivity contribution in [3.8, 4) is 5.69 Å². The van der Waals surface area contributed by atoms with Gasteiger partial charge in [-0.1, -0.05) is 53.5 Å². The van der Waals surface area contributed by atoms with Gasteiger partial charge in [-0.15, -0.1) is 0 Å². The van der Waals surface area contributed by atoms with Gasteiger partial charge < -0.3 is 14.6 Å². The number of aliphatic hydroxyl groups is 1. The van der Waals surface area contributed by atoms with Crippen LogP contribution in [0, 0.1) is 6.92 Å². The van der Waals surface area contributed by atoms with Gasteiger partial charge in [0.05, 0.1) is 34.4 Å². The molecule has 6 aromatic rings. The molecule has 1 unspecified atom stereocenters. The molecule has 1 aliphatic heterocycles. The van der Waals surface area contributed by atoms with E-state index in [1.807, 2.05) is 59.7 Å². The first-order valence-corrected chi connectivity index (χ1v) is 15.0. The molecule has 216 valence electrons. The number of aromatic nitrogens is 5. The fraction of sp³-hybridized carbons (Fsp3) is 0.206. The third-order valence-corrected chi connectivity index (χ3v) is 9.08. The second-order valence-electron chi connectivity index (χ2n) is 11.2. The van der Waals surface area contributed by atoms with Crippen LogP contribution in [0.4, 0.5) is 5.82 Å². The third-order valence-electron chi connectivity index (χ3n) is 8.40. The lowest BCUT2D eigenvalue weighted by molar-refractivity contribution is 0.117. The molecule has 9 heteroatoms. The van der Waals surface area contributed by atoms with E-state index in [0.29, 0.717) is 33.3 Å². The fourth-order valence-electron chi connectivity index (χ4n) is 5.94. The lowest BCUT2D eigenvalue weighted by atomic mass is 9.82. The molecule has 1 atom stereocenters. The van der Waals surface area contributed by atoms with E-state index in [4.69, 9.17) is 28.2 Å². The number of hydrogen-bond donors (Lipinski definition) is 1. The normalized spacial score (nSPS) is 14.6. The van der Waals surface area contributed by atoms with Crippen molar-refractivity contribution in [1.82, 2.24) is 24.3 Å². The number of aryl methyl sites for hydroxylation is 2. The predicted octanol–water partition coefficient (Wildman–Crippen LogP) is 6.85. The van der Waals surface area contributed by atoms with Crippen LogP contribution in [-0.2, 0) is 19.1 Å². The summed E-state index contributed by atoms with van der Waals surface area (Å²) >= 11 is 13.6. The van der Waals surface area contributed by atoms with Gasteiger partial charge in [-0.25, -0.2) is 14.6 Å². The Balaban J connectivity index is 1.39. The Bertz CT molecular complexity index is 1930. The number of hydrogen-bond acceptors (Lipinski definition) is 5. The molecular weight excluding hydrogens is 579 g/mol. The van der Waals surface area contributed by atoms with Crippen molar-refractivity contribution < 1.29 is 5.11 Å². The van der Waals surface area contributed by atoms with Gasteiger partial charge >= 0.3 is 0 Å².